The van der Waals surface area contributed by atoms with Crippen molar-refractivity contribution in [3.05, 3.63) is 34.3 Å². The van der Waals surface area contributed by atoms with E-state index in [0.29, 0.717) is 6.54 Å². The van der Waals surface area contributed by atoms with Crippen molar-refractivity contribution in [3.8, 4) is 0 Å². The van der Waals surface area contributed by atoms with Crippen LogP contribution in [0.5, 0.6) is 0 Å². The summed E-state index contributed by atoms with van der Waals surface area (Å²) in [5, 5.41) is 10.8. The van der Waals surface area contributed by atoms with Gasteiger partial charge in [0, 0.05) is 24.2 Å². The molecule has 1 aliphatic rings. The van der Waals surface area contributed by atoms with Gasteiger partial charge in [-0.15, -0.1) is 0 Å². The molecule has 1 fully saturated rings. The third kappa shape index (κ3) is 3.69. The van der Waals surface area contributed by atoms with Gasteiger partial charge in [0.15, 0.2) is 0 Å². The third-order valence-electron chi connectivity index (χ3n) is 4.03. The Morgan fingerprint density at radius 1 is 1.37 bits per heavy atom. The Hall–Kier alpha value is -0.610. The van der Waals surface area contributed by atoms with Crippen LogP contribution in [0, 0.1) is 0 Å². The lowest BCUT2D eigenvalue weighted by Crippen LogP contribution is -2.42. The Morgan fingerprint density at radius 2 is 2.11 bits per heavy atom. The van der Waals surface area contributed by atoms with Crippen LogP contribution in [0.15, 0.2) is 18.2 Å². The summed E-state index contributed by atoms with van der Waals surface area (Å²) in [5.41, 5.74) is 7.75. The number of rotatable bonds is 4. The number of hydrogen-bond acceptors (Lipinski definition) is 3. The van der Waals surface area contributed by atoms with Crippen LogP contribution in [0.25, 0.3) is 0 Å². The molecule has 3 N–H and O–H groups in total. The van der Waals surface area contributed by atoms with Crippen LogP contribution in [0.2, 0.25) is 5.02 Å². The Bertz CT molecular complexity index is 425. The van der Waals surface area contributed by atoms with Gasteiger partial charge in [-0.05, 0) is 37.1 Å². The summed E-state index contributed by atoms with van der Waals surface area (Å²) in [5.74, 6) is 0. The van der Waals surface area contributed by atoms with Crippen molar-refractivity contribution >= 4 is 11.6 Å². The van der Waals surface area contributed by atoms with Crippen LogP contribution in [0.1, 0.15) is 36.8 Å². The number of likely N-dealkylation sites (N-methyl/N-ethyl adjacent to an activating group) is 1. The highest BCUT2D eigenvalue weighted by Crippen LogP contribution is 2.25. The average molecular weight is 283 g/mol. The first-order chi connectivity index (χ1) is 9.11. The molecule has 0 aromatic heterocycles. The topological polar surface area (TPSA) is 49.5 Å². The molecule has 0 bridgehead atoms. The van der Waals surface area contributed by atoms with Crippen molar-refractivity contribution < 1.29 is 5.11 Å². The normalized spacial score (nSPS) is 23.8. The lowest BCUT2D eigenvalue weighted by Gasteiger charge is -2.35. The quantitative estimate of drug-likeness (QED) is 0.892. The average Bonchev–Trinajstić information content (AvgIpc) is 2.41. The van der Waals surface area contributed by atoms with E-state index < -0.39 is 0 Å². The highest BCUT2D eigenvalue weighted by Gasteiger charge is 2.26. The van der Waals surface area contributed by atoms with Crippen molar-refractivity contribution in [1.82, 2.24) is 4.90 Å². The van der Waals surface area contributed by atoms with Crippen LogP contribution >= 0.6 is 11.6 Å². The van der Waals surface area contributed by atoms with Crippen LogP contribution in [0.4, 0.5) is 0 Å². The van der Waals surface area contributed by atoms with E-state index >= 15 is 0 Å². The van der Waals surface area contributed by atoms with Gasteiger partial charge in [0.2, 0.25) is 0 Å². The van der Waals surface area contributed by atoms with Crippen molar-refractivity contribution in [2.45, 2.75) is 50.9 Å². The van der Waals surface area contributed by atoms with Gasteiger partial charge in [-0.25, -0.2) is 0 Å². The minimum atomic E-state index is -0.208. The van der Waals surface area contributed by atoms with Crippen LogP contribution in [-0.2, 0) is 13.1 Å². The van der Waals surface area contributed by atoms with Gasteiger partial charge in [0.1, 0.15) is 0 Å². The lowest BCUT2D eigenvalue weighted by atomic mass is 9.91. The van der Waals surface area contributed by atoms with Gasteiger partial charge < -0.3 is 10.8 Å². The van der Waals surface area contributed by atoms with Crippen molar-refractivity contribution in [1.29, 1.82) is 0 Å². The molecule has 3 nitrogen and oxygen atoms in total. The monoisotopic (exact) mass is 282 g/mol. The largest absolute Gasteiger partial charge is 0.391 e. The van der Waals surface area contributed by atoms with E-state index in [2.05, 4.69) is 11.9 Å². The second kappa shape index (κ2) is 6.71. The zero-order valence-corrected chi connectivity index (χ0v) is 12.2. The van der Waals surface area contributed by atoms with E-state index in [-0.39, 0.29) is 12.1 Å². The standard InChI is InChI=1S/C15H23ClN2O/c1-18(14-4-2-3-5-15(14)19)10-12-7-6-11(9-17)8-13(12)16/h6-8,14-15,19H,2-5,9-10,17H2,1H3. The molecule has 0 spiro atoms. The fraction of sp³-hybridized carbons (Fsp3) is 0.600. The molecule has 0 heterocycles. The number of hydrogen-bond donors (Lipinski definition) is 2. The van der Waals surface area contributed by atoms with E-state index in [1.54, 1.807) is 0 Å². The molecule has 0 saturated heterocycles. The Labute approximate surface area is 120 Å². The first-order valence-corrected chi connectivity index (χ1v) is 7.35. The second-order valence-electron chi connectivity index (χ2n) is 5.46. The summed E-state index contributed by atoms with van der Waals surface area (Å²) in [4.78, 5) is 2.22. The fourth-order valence-corrected chi connectivity index (χ4v) is 3.10. The first-order valence-electron chi connectivity index (χ1n) is 6.97. The number of nitrogens with zero attached hydrogens (tertiary/aromatic N) is 1. The molecule has 4 heteroatoms. The molecule has 1 saturated carbocycles. The molecule has 0 aliphatic heterocycles. The second-order valence-corrected chi connectivity index (χ2v) is 5.87. The molecule has 0 amide bonds. The number of halogens is 1. The molecule has 2 rings (SSSR count). The van der Waals surface area contributed by atoms with E-state index in [1.807, 2.05) is 18.2 Å². The number of benzene rings is 1. The van der Waals surface area contributed by atoms with E-state index in [4.69, 9.17) is 17.3 Å². The molecular weight excluding hydrogens is 260 g/mol. The fourth-order valence-electron chi connectivity index (χ4n) is 2.84. The maximum atomic E-state index is 10.1. The summed E-state index contributed by atoms with van der Waals surface area (Å²) < 4.78 is 0. The van der Waals surface area contributed by atoms with Gasteiger partial charge in [0.05, 0.1) is 6.10 Å². The SMILES string of the molecule is CN(Cc1ccc(CN)cc1Cl)C1CCCCC1O. The summed E-state index contributed by atoms with van der Waals surface area (Å²) in [7, 11) is 2.06. The maximum Gasteiger partial charge on any atom is 0.0695 e. The molecule has 106 valence electrons. The van der Waals surface area contributed by atoms with E-state index in [9.17, 15) is 5.11 Å². The molecule has 1 aromatic carbocycles. The lowest BCUT2D eigenvalue weighted by molar-refractivity contribution is 0.0288. The minimum absolute atomic E-state index is 0.208. The summed E-state index contributed by atoms with van der Waals surface area (Å²) in [6.07, 6.45) is 4.11. The Kier molecular flexibility index (Phi) is 5.22. The summed E-state index contributed by atoms with van der Waals surface area (Å²) >= 11 is 6.28. The zero-order valence-electron chi connectivity index (χ0n) is 11.5. The van der Waals surface area contributed by atoms with E-state index in [1.165, 1.54) is 6.42 Å². The maximum absolute atomic E-state index is 10.1. The number of aliphatic hydroxyl groups is 1. The van der Waals surface area contributed by atoms with Gasteiger partial charge >= 0.3 is 0 Å². The number of nitrogens with two attached hydrogens (primary N) is 1. The molecule has 2 atom stereocenters. The first kappa shape index (κ1) is 14.8. The van der Waals surface area contributed by atoms with Crippen LogP contribution in [-0.4, -0.2) is 29.2 Å². The highest BCUT2D eigenvalue weighted by atomic mass is 35.5. The van der Waals surface area contributed by atoms with Gasteiger partial charge in [-0.2, -0.15) is 0 Å². The molecule has 1 aliphatic carbocycles. The van der Waals surface area contributed by atoms with Crippen LogP contribution in [0.3, 0.4) is 0 Å². The molecule has 1 aromatic rings. The highest BCUT2D eigenvalue weighted by molar-refractivity contribution is 6.31. The van der Waals surface area contributed by atoms with Gasteiger partial charge in [-0.3, -0.25) is 4.90 Å². The van der Waals surface area contributed by atoms with E-state index in [0.717, 1.165) is 42.0 Å². The Balaban J connectivity index is 2.03. The summed E-state index contributed by atoms with van der Waals surface area (Å²) in [6, 6.07) is 6.24. The van der Waals surface area contributed by atoms with Crippen molar-refractivity contribution in [2.75, 3.05) is 7.05 Å². The smallest absolute Gasteiger partial charge is 0.0695 e. The summed E-state index contributed by atoms with van der Waals surface area (Å²) in [6.45, 7) is 1.28. The molecule has 0 radical (unpaired) electrons. The predicted molar refractivity (Wildman–Crippen MR) is 79.1 cm³/mol. The molecular formula is C15H23ClN2O. The third-order valence-corrected chi connectivity index (χ3v) is 4.38. The van der Waals surface area contributed by atoms with Crippen LogP contribution < -0.4 is 5.73 Å². The molecule has 19 heavy (non-hydrogen) atoms. The Morgan fingerprint density at radius 3 is 2.74 bits per heavy atom. The zero-order chi connectivity index (χ0) is 13.8. The molecule has 2 unspecified atom stereocenters. The van der Waals surface area contributed by atoms with Gasteiger partial charge in [-0.1, -0.05) is 36.6 Å². The van der Waals surface area contributed by atoms with Crippen molar-refractivity contribution in [3.63, 3.8) is 0 Å². The number of aliphatic hydroxyl groups excluding tert-OH is 1. The minimum Gasteiger partial charge on any atom is -0.391 e. The van der Waals surface area contributed by atoms with Gasteiger partial charge in [0.25, 0.3) is 0 Å². The predicted octanol–water partition coefficient (Wildman–Crippen LogP) is 2.53. The van der Waals surface area contributed by atoms with Crippen molar-refractivity contribution in [2.24, 2.45) is 5.73 Å².